The van der Waals surface area contributed by atoms with Crippen molar-refractivity contribution in [3.63, 3.8) is 0 Å². The smallest absolute Gasteiger partial charge is 0.195 e. The van der Waals surface area contributed by atoms with Crippen molar-refractivity contribution in [3.8, 4) is 0 Å². The minimum Gasteiger partial charge on any atom is -0.379 e. The van der Waals surface area contributed by atoms with Gasteiger partial charge in [0.15, 0.2) is 5.78 Å². The molecule has 4 aromatic rings. The lowest BCUT2D eigenvalue weighted by molar-refractivity contribution is 0.0365. The summed E-state index contributed by atoms with van der Waals surface area (Å²) in [6.07, 6.45) is 0. The average Bonchev–Trinajstić information content (AvgIpc) is 3.08. The molecule has 1 saturated heterocycles. The number of aryl methyl sites for hydroxylation is 1. The summed E-state index contributed by atoms with van der Waals surface area (Å²) in [5, 5.41) is 3.92. The lowest BCUT2D eigenvalue weighted by atomic mass is 9.95. The van der Waals surface area contributed by atoms with Gasteiger partial charge in [-0.25, -0.2) is 0 Å². The van der Waals surface area contributed by atoms with Crippen molar-refractivity contribution in [1.82, 2.24) is 9.47 Å². The Hall–Kier alpha value is -2.66. The van der Waals surface area contributed by atoms with Crippen molar-refractivity contribution in [2.24, 2.45) is 0 Å². The van der Waals surface area contributed by atoms with Gasteiger partial charge in [-0.2, -0.15) is 0 Å². The van der Waals surface area contributed by atoms with Crippen molar-refractivity contribution in [2.75, 3.05) is 32.8 Å². The SMILES string of the molecule is Cc1cc(C(=O)c2c(C)n(CCN3CCOCC3)c3cc(Cl)ccc23)cc2ccccc12. The number of halogens is 1. The van der Waals surface area contributed by atoms with Crippen molar-refractivity contribution >= 4 is 39.1 Å². The van der Waals surface area contributed by atoms with Gasteiger partial charge < -0.3 is 9.30 Å². The Bertz CT molecular complexity index is 1320. The summed E-state index contributed by atoms with van der Waals surface area (Å²) >= 11 is 6.36. The number of nitrogens with zero attached hydrogens (tertiary/aromatic N) is 2. The van der Waals surface area contributed by atoms with Crippen LogP contribution in [0, 0.1) is 13.8 Å². The van der Waals surface area contributed by atoms with Gasteiger partial charge in [0.05, 0.1) is 24.3 Å². The average molecular weight is 447 g/mol. The molecule has 5 heteroatoms. The number of ether oxygens (including phenoxy) is 1. The molecular weight excluding hydrogens is 420 g/mol. The molecule has 164 valence electrons. The summed E-state index contributed by atoms with van der Waals surface area (Å²) in [7, 11) is 0. The van der Waals surface area contributed by atoms with E-state index in [0.717, 1.165) is 78.1 Å². The molecule has 1 aliphatic heterocycles. The maximum absolute atomic E-state index is 13.8. The molecule has 1 aliphatic rings. The van der Waals surface area contributed by atoms with Crippen LogP contribution in [0.1, 0.15) is 27.2 Å². The maximum atomic E-state index is 13.8. The Kier molecular flexibility index (Phi) is 5.76. The van der Waals surface area contributed by atoms with Crippen LogP contribution in [0.4, 0.5) is 0 Å². The highest BCUT2D eigenvalue weighted by Crippen LogP contribution is 2.31. The zero-order valence-electron chi connectivity index (χ0n) is 18.5. The van der Waals surface area contributed by atoms with Gasteiger partial charge in [-0.05, 0) is 54.4 Å². The number of aromatic nitrogens is 1. The number of ketones is 1. The highest BCUT2D eigenvalue weighted by molar-refractivity contribution is 6.31. The Labute approximate surface area is 193 Å². The second-order valence-corrected chi connectivity index (χ2v) is 9.01. The van der Waals surface area contributed by atoms with Gasteiger partial charge in [0.1, 0.15) is 0 Å². The number of hydrogen-bond donors (Lipinski definition) is 0. The normalized spacial score (nSPS) is 15.0. The van der Waals surface area contributed by atoms with E-state index < -0.39 is 0 Å². The van der Waals surface area contributed by atoms with Crippen LogP contribution in [0.2, 0.25) is 5.02 Å². The van der Waals surface area contributed by atoms with Crippen molar-refractivity contribution in [1.29, 1.82) is 0 Å². The molecule has 0 saturated carbocycles. The Balaban J connectivity index is 1.57. The molecule has 0 N–H and O–H groups in total. The fourth-order valence-electron chi connectivity index (χ4n) is 4.87. The third kappa shape index (κ3) is 3.83. The van der Waals surface area contributed by atoms with Crippen LogP contribution in [0.15, 0.2) is 54.6 Å². The molecule has 4 nitrogen and oxygen atoms in total. The Morgan fingerprint density at radius 2 is 1.75 bits per heavy atom. The predicted octanol–water partition coefficient (Wildman–Crippen LogP) is 5.63. The van der Waals surface area contributed by atoms with Crippen LogP contribution in [0.5, 0.6) is 0 Å². The maximum Gasteiger partial charge on any atom is 0.195 e. The van der Waals surface area contributed by atoms with E-state index in [1.807, 2.05) is 49.4 Å². The van der Waals surface area contributed by atoms with Crippen LogP contribution in [-0.2, 0) is 11.3 Å². The fraction of sp³-hybridized carbons (Fsp3) is 0.296. The molecule has 32 heavy (non-hydrogen) atoms. The van der Waals surface area contributed by atoms with E-state index >= 15 is 0 Å². The van der Waals surface area contributed by atoms with Crippen LogP contribution in [0.3, 0.4) is 0 Å². The van der Waals surface area contributed by atoms with Crippen LogP contribution >= 0.6 is 11.6 Å². The summed E-state index contributed by atoms with van der Waals surface area (Å²) in [6.45, 7) is 9.30. The number of hydrogen-bond acceptors (Lipinski definition) is 3. The molecule has 0 spiro atoms. The van der Waals surface area contributed by atoms with Gasteiger partial charge >= 0.3 is 0 Å². The standard InChI is InChI=1S/C27H27ClN2O2/c1-18-15-21(16-20-5-3-4-6-23(18)20)27(31)26-19(2)30(10-9-29-11-13-32-14-12-29)25-17-22(28)7-8-24(25)26/h3-8,15-17H,9-14H2,1-2H3. The first-order chi connectivity index (χ1) is 15.5. The van der Waals surface area contributed by atoms with E-state index in [2.05, 4.69) is 28.5 Å². The van der Waals surface area contributed by atoms with E-state index in [0.29, 0.717) is 5.02 Å². The third-order valence-corrected chi connectivity index (χ3v) is 6.82. The van der Waals surface area contributed by atoms with Crippen molar-refractivity contribution in [2.45, 2.75) is 20.4 Å². The van der Waals surface area contributed by atoms with E-state index in [-0.39, 0.29) is 5.78 Å². The number of rotatable bonds is 5. The topological polar surface area (TPSA) is 34.5 Å². The Morgan fingerprint density at radius 1 is 0.969 bits per heavy atom. The molecule has 0 aliphatic carbocycles. The third-order valence-electron chi connectivity index (χ3n) is 6.59. The molecule has 5 rings (SSSR count). The summed E-state index contributed by atoms with van der Waals surface area (Å²) in [5.74, 6) is 0.0637. The van der Waals surface area contributed by atoms with E-state index in [1.54, 1.807) is 0 Å². The molecule has 2 heterocycles. The zero-order valence-corrected chi connectivity index (χ0v) is 19.3. The number of carbonyl (C=O) groups excluding carboxylic acids is 1. The fourth-order valence-corrected chi connectivity index (χ4v) is 5.03. The van der Waals surface area contributed by atoms with E-state index in [1.165, 1.54) is 5.39 Å². The molecular formula is C27H27ClN2O2. The summed E-state index contributed by atoms with van der Waals surface area (Å²) in [6, 6.07) is 18.1. The summed E-state index contributed by atoms with van der Waals surface area (Å²) in [5.41, 5.74) is 4.62. The molecule has 1 aromatic heterocycles. The number of benzene rings is 3. The second-order valence-electron chi connectivity index (χ2n) is 8.57. The lowest BCUT2D eigenvalue weighted by Crippen LogP contribution is -2.38. The first-order valence-electron chi connectivity index (χ1n) is 11.2. The molecule has 0 amide bonds. The predicted molar refractivity (Wildman–Crippen MR) is 131 cm³/mol. The minimum absolute atomic E-state index is 0.0637. The van der Waals surface area contributed by atoms with Gasteiger partial charge in [0.25, 0.3) is 0 Å². The molecule has 0 unspecified atom stereocenters. The largest absolute Gasteiger partial charge is 0.379 e. The molecule has 0 radical (unpaired) electrons. The zero-order chi connectivity index (χ0) is 22.2. The van der Waals surface area contributed by atoms with Crippen molar-refractivity contribution in [3.05, 3.63) is 82.0 Å². The first kappa shape index (κ1) is 21.2. The number of fused-ring (bicyclic) bond motifs is 2. The van der Waals surface area contributed by atoms with Crippen LogP contribution < -0.4 is 0 Å². The molecule has 3 aromatic carbocycles. The second kappa shape index (κ2) is 8.70. The Morgan fingerprint density at radius 3 is 2.56 bits per heavy atom. The van der Waals surface area contributed by atoms with Gasteiger partial charge in [0, 0.05) is 47.8 Å². The number of carbonyl (C=O) groups is 1. The van der Waals surface area contributed by atoms with Gasteiger partial charge in [-0.3, -0.25) is 9.69 Å². The van der Waals surface area contributed by atoms with E-state index in [9.17, 15) is 4.79 Å². The lowest BCUT2D eigenvalue weighted by Gasteiger charge is -2.27. The van der Waals surface area contributed by atoms with Crippen LogP contribution in [0.25, 0.3) is 21.7 Å². The quantitative estimate of drug-likeness (QED) is 0.373. The molecule has 0 atom stereocenters. The molecule has 0 bridgehead atoms. The van der Waals surface area contributed by atoms with E-state index in [4.69, 9.17) is 16.3 Å². The van der Waals surface area contributed by atoms with Gasteiger partial charge in [-0.15, -0.1) is 0 Å². The minimum atomic E-state index is 0.0637. The van der Waals surface area contributed by atoms with Crippen LogP contribution in [-0.4, -0.2) is 48.1 Å². The summed E-state index contributed by atoms with van der Waals surface area (Å²) in [4.78, 5) is 16.2. The van der Waals surface area contributed by atoms with Gasteiger partial charge in [-0.1, -0.05) is 41.9 Å². The summed E-state index contributed by atoms with van der Waals surface area (Å²) < 4.78 is 7.72. The highest BCUT2D eigenvalue weighted by atomic mass is 35.5. The number of morpholine rings is 1. The monoisotopic (exact) mass is 446 g/mol. The highest BCUT2D eigenvalue weighted by Gasteiger charge is 2.22. The van der Waals surface area contributed by atoms with Gasteiger partial charge in [0.2, 0.25) is 0 Å². The first-order valence-corrected chi connectivity index (χ1v) is 11.5. The molecule has 1 fully saturated rings. The van der Waals surface area contributed by atoms with Crippen molar-refractivity contribution < 1.29 is 9.53 Å².